The van der Waals surface area contributed by atoms with Crippen LogP contribution in [0.25, 0.3) is 0 Å². The van der Waals surface area contributed by atoms with E-state index in [1.165, 1.54) is 30.8 Å². The molecule has 1 aromatic heterocycles. The predicted molar refractivity (Wildman–Crippen MR) is 66.3 cm³/mol. The summed E-state index contributed by atoms with van der Waals surface area (Å²) in [7, 11) is 0. The maximum absolute atomic E-state index is 10.7. The van der Waals surface area contributed by atoms with Crippen molar-refractivity contribution in [3.8, 4) is 0 Å². The summed E-state index contributed by atoms with van der Waals surface area (Å²) < 4.78 is 4.25. The molecule has 1 fully saturated rings. The molecule has 0 spiro atoms. The lowest BCUT2D eigenvalue weighted by molar-refractivity contribution is -0.0118. The molecular weight excluding hydrogens is 220 g/mol. The van der Waals surface area contributed by atoms with Crippen LogP contribution in [0.3, 0.4) is 0 Å². The van der Waals surface area contributed by atoms with E-state index in [0.717, 1.165) is 31.4 Å². The van der Waals surface area contributed by atoms with Gasteiger partial charge in [-0.3, -0.25) is 0 Å². The van der Waals surface area contributed by atoms with Gasteiger partial charge in [0.05, 0.1) is 17.3 Å². The van der Waals surface area contributed by atoms with Gasteiger partial charge in [0, 0.05) is 5.38 Å². The molecule has 0 saturated heterocycles. The maximum Gasteiger partial charge on any atom is 0.0855 e. The minimum Gasteiger partial charge on any atom is -0.388 e. The smallest absolute Gasteiger partial charge is 0.0855 e. The third kappa shape index (κ3) is 2.62. The lowest BCUT2D eigenvalue weighted by atomic mass is 9.80. The molecule has 90 valence electrons. The van der Waals surface area contributed by atoms with Gasteiger partial charge in [-0.2, -0.15) is 4.37 Å². The van der Waals surface area contributed by atoms with Crippen LogP contribution in [-0.2, 0) is 0 Å². The van der Waals surface area contributed by atoms with Gasteiger partial charge in [-0.15, -0.1) is 0 Å². The molecule has 16 heavy (non-hydrogen) atoms. The Balaban J connectivity index is 2.09. The molecule has 1 aliphatic carbocycles. The molecule has 3 N–H and O–H groups in total. The Kier molecular flexibility index (Phi) is 3.95. The molecule has 0 radical (unpaired) electrons. The minimum atomic E-state index is -0.742. The SMILES string of the molecule is NC(c1ccsn1)C1(O)CCCCCCC1. The summed E-state index contributed by atoms with van der Waals surface area (Å²) in [5, 5.41) is 12.6. The zero-order valence-electron chi connectivity index (χ0n) is 9.56. The van der Waals surface area contributed by atoms with Gasteiger partial charge in [-0.1, -0.05) is 32.1 Å². The Hall–Kier alpha value is -0.450. The van der Waals surface area contributed by atoms with Gasteiger partial charge in [0.15, 0.2) is 0 Å². The number of hydrogen-bond donors (Lipinski definition) is 2. The number of nitrogens with zero attached hydrogens (tertiary/aromatic N) is 1. The average Bonchev–Trinajstić information content (AvgIpc) is 2.76. The second kappa shape index (κ2) is 5.25. The molecule has 1 heterocycles. The van der Waals surface area contributed by atoms with E-state index in [0.29, 0.717) is 0 Å². The van der Waals surface area contributed by atoms with Crippen molar-refractivity contribution in [1.29, 1.82) is 0 Å². The molecule has 0 aromatic carbocycles. The Morgan fingerprint density at radius 3 is 2.44 bits per heavy atom. The van der Waals surface area contributed by atoms with Gasteiger partial charge in [0.2, 0.25) is 0 Å². The third-order valence-electron chi connectivity index (χ3n) is 3.57. The Morgan fingerprint density at radius 2 is 1.88 bits per heavy atom. The fraction of sp³-hybridized carbons (Fsp3) is 0.750. The van der Waals surface area contributed by atoms with E-state index in [4.69, 9.17) is 5.73 Å². The zero-order valence-corrected chi connectivity index (χ0v) is 10.4. The van der Waals surface area contributed by atoms with Crippen molar-refractivity contribution in [2.75, 3.05) is 0 Å². The van der Waals surface area contributed by atoms with Crippen molar-refractivity contribution in [1.82, 2.24) is 4.37 Å². The van der Waals surface area contributed by atoms with E-state index >= 15 is 0 Å². The van der Waals surface area contributed by atoms with Crippen LogP contribution >= 0.6 is 11.5 Å². The molecule has 3 nitrogen and oxygen atoms in total. The second-order valence-electron chi connectivity index (χ2n) is 4.77. The zero-order chi connectivity index (χ0) is 11.4. The van der Waals surface area contributed by atoms with E-state index in [2.05, 4.69) is 4.37 Å². The van der Waals surface area contributed by atoms with Gasteiger partial charge < -0.3 is 10.8 Å². The highest BCUT2D eigenvalue weighted by Crippen LogP contribution is 2.35. The van der Waals surface area contributed by atoms with Crippen LogP contribution in [0.5, 0.6) is 0 Å². The van der Waals surface area contributed by atoms with Crippen LogP contribution in [0, 0.1) is 0 Å². The molecule has 1 saturated carbocycles. The van der Waals surface area contributed by atoms with Gasteiger partial charge in [-0.05, 0) is 30.4 Å². The van der Waals surface area contributed by atoms with Gasteiger partial charge in [0.25, 0.3) is 0 Å². The van der Waals surface area contributed by atoms with Gasteiger partial charge >= 0.3 is 0 Å². The fourth-order valence-corrected chi connectivity index (χ4v) is 3.04. The van der Waals surface area contributed by atoms with E-state index in [1.807, 2.05) is 11.4 Å². The molecule has 4 heteroatoms. The fourth-order valence-electron chi connectivity index (χ4n) is 2.49. The van der Waals surface area contributed by atoms with E-state index in [9.17, 15) is 5.11 Å². The second-order valence-corrected chi connectivity index (χ2v) is 5.44. The predicted octanol–water partition coefficient (Wildman–Crippen LogP) is 2.62. The van der Waals surface area contributed by atoms with Crippen molar-refractivity contribution in [2.24, 2.45) is 5.73 Å². The average molecular weight is 240 g/mol. The summed E-state index contributed by atoms with van der Waals surface area (Å²) in [6.45, 7) is 0. The highest BCUT2D eigenvalue weighted by atomic mass is 32.1. The van der Waals surface area contributed by atoms with E-state index in [1.54, 1.807) is 0 Å². The Bertz CT molecular complexity index is 305. The molecule has 0 aliphatic heterocycles. The van der Waals surface area contributed by atoms with Crippen molar-refractivity contribution < 1.29 is 5.11 Å². The van der Waals surface area contributed by atoms with Crippen molar-refractivity contribution in [3.05, 3.63) is 17.1 Å². The molecule has 1 unspecified atom stereocenters. The molecule has 1 atom stereocenters. The monoisotopic (exact) mass is 240 g/mol. The molecule has 1 aromatic rings. The summed E-state index contributed by atoms with van der Waals surface area (Å²) in [6.07, 6.45) is 7.50. The highest BCUT2D eigenvalue weighted by Gasteiger charge is 2.35. The number of hydrogen-bond acceptors (Lipinski definition) is 4. The molecule has 2 rings (SSSR count). The van der Waals surface area contributed by atoms with Crippen LogP contribution in [-0.4, -0.2) is 15.1 Å². The molecular formula is C12H20N2OS. The van der Waals surface area contributed by atoms with Crippen LogP contribution in [0.15, 0.2) is 11.4 Å². The highest BCUT2D eigenvalue weighted by molar-refractivity contribution is 7.03. The van der Waals surface area contributed by atoms with Gasteiger partial charge in [0.1, 0.15) is 0 Å². The van der Waals surface area contributed by atoms with Crippen LogP contribution in [0.1, 0.15) is 56.7 Å². The van der Waals surface area contributed by atoms with Crippen molar-refractivity contribution in [3.63, 3.8) is 0 Å². The van der Waals surface area contributed by atoms with Crippen molar-refractivity contribution >= 4 is 11.5 Å². The Morgan fingerprint density at radius 1 is 1.25 bits per heavy atom. The quantitative estimate of drug-likeness (QED) is 0.835. The summed E-state index contributed by atoms with van der Waals surface area (Å²) in [4.78, 5) is 0. The lowest BCUT2D eigenvalue weighted by Crippen LogP contribution is -2.41. The van der Waals surface area contributed by atoms with Crippen LogP contribution < -0.4 is 5.73 Å². The third-order valence-corrected chi connectivity index (χ3v) is 4.15. The first kappa shape index (κ1) is 12.0. The first-order valence-corrected chi connectivity index (χ1v) is 6.94. The summed E-state index contributed by atoms with van der Waals surface area (Å²) in [5.41, 5.74) is 6.26. The number of aromatic nitrogens is 1. The topological polar surface area (TPSA) is 59.1 Å². The van der Waals surface area contributed by atoms with Crippen LogP contribution in [0.2, 0.25) is 0 Å². The van der Waals surface area contributed by atoms with Crippen molar-refractivity contribution in [2.45, 2.75) is 56.6 Å². The first-order valence-electron chi connectivity index (χ1n) is 6.11. The first-order chi connectivity index (χ1) is 7.72. The van der Waals surface area contributed by atoms with E-state index in [-0.39, 0.29) is 6.04 Å². The standard InChI is InChI=1S/C12H20N2OS/c13-11(10-6-9-16-14-10)12(15)7-4-2-1-3-5-8-12/h6,9,11,15H,1-5,7-8,13H2. The largest absolute Gasteiger partial charge is 0.388 e. The van der Waals surface area contributed by atoms with Crippen LogP contribution in [0.4, 0.5) is 0 Å². The number of nitrogens with two attached hydrogens (primary N) is 1. The summed E-state index contributed by atoms with van der Waals surface area (Å²) in [5.74, 6) is 0. The van der Waals surface area contributed by atoms with Gasteiger partial charge in [-0.25, -0.2) is 0 Å². The summed E-state index contributed by atoms with van der Waals surface area (Å²) in [6, 6.07) is 1.60. The minimum absolute atomic E-state index is 0.322. The molecule has 1 aliphatic rings. The normalized spacial score (nSPS) is 23.4. The number of aliphatic hydroxyl groups is 1. The van der Waals surface area contributed by atoms with E-state index < -0.39 is 5.60 Å². The summed E-state index contributed by atoms with van der Waals surface area (Å²) >= 11 is 1.40. The molecule has 0 bridgehead atoms. The maximum atomic E-state index is 10.7. The molecule has 0 amide bonds. The lowest BCUT2D eigenvalue weighted by Gasteiger charge is -2.34. The Labute approximate surface area is 101 Å². The number of rotatable bonds is 2.